The number of hydrogen-bond acceptors (Lipinski definition) is 5. The molecule has 0 aromatic carbocycles. The molecule has 2 aliphatic rings. The Morgan fingerprint density at radius 2 is 2.20 bits per heavy atom. The summed E-state index contributed by atoms with van der Waals surface area (Å²) < 4.78 is 0. The number of anilines is 1. The van der Waals surface area contributed by atoms with Crippen molar-refractivity contribution in [2.45, 2.75) is 38.3 Å². The van der Waals surface area contributed by atoms with Crippen molar-refractivity contribution in [2.24, 2.45) is 0 Å². The van der Waals surface area contributed by atoms with Gasteiger partial charge in [0.15, 0.2) is 0 Å². The second-order valence-electron chi connectivity index (χ2n) is 7.19. The molecule has 1 aromatic rings. The summed E-state index contributed by atoms with van der Waals surface area (Å²) >= 11 is 0. The average Bonchev–Trinajstić information content (AvgIpc) is 3.25. The molecule has 1 N–H and O–H groups in total. The van der Waals surface area contributed by atoms with Gasteiger partial charge < -0.3 is 9.80 Å². The molecular weight excluding hydrogens is 318 g/mol. The van der Waals surface area contributed by atoms with Gasteiger partial charge in [-0.05, 0) is 32.7 Å². The molecule has 0 saturated carbocycles. The lowest BCUT2D eigenvalue weighted by molar-refractivity contribution is -0.126. The van der Waals surface area contributed by atoms with Gasteiger partial charge in [-0.2, -0.15) is 0 Å². The van der Waals surface area contributed by atoms with E-state index in [0.717, 1.165) is 50.0 Å². The van der Waals surface area contributed by atoms with E-state index in [2.05, 4.69) is 20.9 Å². The number of H-pyrrole nitrogens is 1. The highest BCUT2D eigenvalue weighted by Gasteiger charge is 2.30. The van der Waals surface area contributed by atoms with Crippen LogP contribution in [0.25, 0.3) is 0 Å². The molecule has 1 aliphatic heterocycles. The highest BCUT2D eigenvalue weighted by Crippen LogP contribution is 2.23. The predicted octanol–water partition coefficient (Wildman–Crippen LogP) is 0.979. The first-order valence-electron chi connectivity index (χ1n) is 8.90. The van der Waals surface area contributed by atoms with Crippen LogP contribution in [-0.4, -0.2) is 65.9 Å². The van der Waals surface area contributed by atoms with Crippen molar-refractivity contribution < 1.29 is 4.79 Å². The topological polar surface area (TPSA) is 72.5 Å². The number of likely N-dealkylation sites (tertiary alicyclic amines) is 1. The standard InChI is InChI=1S/C18H27N5O2/c1-21(2)18-19-14(10-16(24)20-18)11-22(3)15-8-9-23(12-15)17(25)13-6-4-5-7-13/h6,10,15H,4-5,7-9,11-12H2,1-3H3,(H,19,20,24)/t15-/m1/s1. The summed E-state index contributed by atoms with van der Waals surface area (Å²) in [5.74, 6) is 0.768. The Kier molecular flexibility index (Phi) is 5.22. The maximum absolute atomic E-state index is 12.5. The lowest BCUT2D eigenvalue weighted by Gasteiger charge is -2.25. The van der Waals surface area contributed by atoms with Crippen LogP contribution in [0.4, 0.5) is 5.95 Å². The van der Waals surface area contributed by atoms with E-state index in [9.17, 15) is 9.59 Å². The third kappa shape index (κ3) is 4.10. The normalized spacial score (nSPS) is 20.2. The first kappa shape index (κ1) is 17.7. The van der Waals surface area contributed by atoms with Crippen LogP contribution >= 0.6 is 0 Å². The smallest absolute Gasteiger partial charge is 0.252 e. The summed E-state index contributed by atoms with van der Waals surface area (Å²) in [6.07, 6.45) is 6.09. The number of carbonyl (C=O) groups excluding carboxylic acids is 1. The maximum atomic E-state index is 12.5. The molecule has 1 fully saturated rings. The quantitative estimate of drug-likeness (QED) is 0.861. The lowest BCUT2D eigenvalue weighted by atomic mass is 10.2. The first-order valence-corrected chi connectivity index (χ1v) is 8.90. The Morgan fingerprint density at radius 3 is 2.88 bits per heavy atom. The molecule has 0 radical (unpaired) electrons. The summed E-state index contributed by atoms with van der Waals surface area (Å²) in [6, 6.07) is 1.85. The number of amides is 1. The van der Waals surface area contributed by atoms with Gasteiger partial charge in [0.2, 0.25) is 11.9 Å². The number of aromatic nitrogens is 2. The van der Waals surface area contributed by atoms with Crippen LogP contribution in [-0.2, 0) is 11.3 Å². The maximum Gasteiger partial charge on any atom is 0.252 e. The Bertz CT molecular complexity index is 724. The lowest BCUT2D eigenvalue weighted by Crippen LogP contribution is -2.37. The number of nitrogens with zero attached hydrogens (tertiary/aromatic N) is 4. The van der Waals surface area contributed by atoms with Crippen molar-refractivity contribution in [3.63, 3.8) is 0 Å². The molecular formula is C18H27N5O2. The zero-order chi connectivity index (χ0) is 18.0. The molecule has 1 atom stereocenters. The molecule has 1 aromatic heterocycles. The van der Waals surface area contributed by atoms with Crippen molar-refractivity contribution in [1.82, 2.24) is 19.8 Å². The van der Waals surface area contributed by atoms with Gasteiger partial charge in [-0.15, -0.1) is 0 Å². The van der Waals surface area contributed by atoms with Gasteiger partial charge in [-0.3, -0.25) is 19.5 Å². The molecule has 3 rings (SSSR count). The van der Waals surface area contributed by atoms with E-state index >= 15 is 0 Å². The van der Waals surface area contributed by atoms with Crippen LogP contribution in [0.15, 0.2) is 22.5 Å². The van der Waals surface area contributed by atoms with Gasteiger partial charge in [-0.25, -0.2) is 4.98 Å². The molecule has 136 valence electrons. The Labute approximate surface area is 148 Å². The molecule has 25 heavy (non-hydrogen) atoms. The van der Waals surface area contributed by atoms with Gasteiger partial charge >= 0.3 is 0 Å². The van der Waals surface area contributed by atoms with Gasteiger partial charge in [0.05, 0.1) is 5.69 Å². The van der Waals surface area contributed by atoms with Crippen LogP contribution < -0.4 is 10.5 Å². The number of aromatic amines is 1. The minimum atomic E-state index is -0.140. The zero-order valence-corrected chi connectivity index (χ0v) is 15.3. The average molecular weight is 345 g/mol. The van der Waals surface area contributed by atoms with Gasteiger partial charge in [0.1, 0.15) is 0 Å². The number of carbonyl (C=O) groups is 1. The van der Waals surface area contributed by atoms with Gasteiger partial charge in [0.25, 0.3) is 5.56 Å². The van der Waals surface area contributed by atoms with Crippen LogP contribution in [0.5, 0.6) is 0 Å². The molecule has 2 heterocycles. The highest BCUT2D eigenvalue weighted by atomic mass is 16.2. The SMILES string of the molecule is CN(C)c1nc(CN(C)[C@@H]2CCN(C(=O)C3=CCCC3)C2)cc(=O)[nH]1. The highest BCUT2D eigenvalue weighted by molar-refractivity contribution is 5.94. The number of allylic oxidation sites excluding steroid dienone is 1. The van der Waals surface area contributed by atoms with E-state index in [1.807, 2.05) is 26.0 Å². The van der Waals surface area contributed by atoms with Crippen LogP contribution in [0.1, 0.15) is 31.4 Å². The van der Waals surface area contributed by atoms with Crippen LogP contribution in [0, 0.1) is 0 Å². The van der Waals surface area contributed by atoms with E-state index in [0.29, 0.717) is 18.5 Å². The predicted molar refractivity (Wildman–Crippen MR) is 97.6 cm³/mol. The molecule has 7 nitrogen and oxygen atoms in total. The summed E-state index contributed by atoms with van der Waals surface area (Å²) in [7, 11) is 5.74. The molecule has 0 bridgehead atoms. The Balaban J connectivity index is 1.62. The van der Waals surface area contributed by atoms with E-state index in [4.69, 9.17) is 0 Å². The fourth-order valence-corrected chi connectivity index (χ4v) is 3.53. The van der Waals surface area contributed by atoms with Crippen molar-refractivity contribution in [2.75, 3.05) is 39.1 Å². The van der Waals surface area contributed by atoms with E-state index in [1.54, 1.807) is 11.0 Å². The largest absolute Gasteiger partial charge is 0.348 e. The third-order valence-electron chi connectivity index (χ3n) is 5.01. The van der Waals surface area contributed by atoms with Gasteiger partial charge in [0, 0.05) is 51.4 Å². The van der Waals surface area contributed by atoms with Crippen molar-refractivity contribution >= 4 is 11.9 Å². The number of nitrogens with one attached hydrogen (secondary N) is 1. The molecule has 1 saturated heterocycles. The molecule has 1 amide bonds. The monoisotopic (exact) mass is 345 g/mol. The van der Waals surface area contributed by atoms with Crippen LogP contribution in [0.2, 0.25) is 0 Å². The van der Waals surface area contributed by atoms with Crippen molar-refractivity contribution in [3.05, 3.63) is 33.8 Å². The number of hydrogen-bond donors (Lipinski definition) is 1. The minimum Gasteiger partial charge on any atom is -0.348 e. The summed E-state index contributed by atoms with van der Waals surface area (Å²) in [6.45, 7) is 2.15. The Hall–Kier alpha value is -2.15. The second kappa shape index (κ2) is 7.39. The molecule has 0 unspecified atom stereocenters. The Morgan fingerprint density at radius 1 is 1.40 bits per heavy atom. The summed E-state index contributed by atoms with van der Waals surface area (Å²) in [5, 5.41) is 0. The van der Waals surface area contributed by atoms with Crippen molar-refractivity contribution in [1.29, 1.82) is 0 Å². The van der Waals surface area contributed by atoms with Gasteiger partial charge in [-0.1, -0.05) is 6.08 Å². The summed E-state index contributed by atoms with van der Waals surface area (Å²) in [4.78, 5) is 37.5. The molecule has 0 spiro atoms. The fourth-order valence-electron chi connectivity index (χ4n) is 3.53. The second-order valence-corrected chi connectivity index (χ2v) is 7.19. The number of likely N-dealkylation sites (N-methyl/N-ethyl adjacent to an activating group) is 1. The zero-order valence-electron chi connectivity index (χ0n) is 15.3. The third-order valence-corrected chi connectivity index (χ3v) is 5.01. The minimum absolute atomic E-state index is 0.140. The van der Waals surface area contributed by atoms with E-state index in [1.165, 1.54) is 0 Å². The first-order chi connectivity index (χ1) is 11.9. The fraction of sp³-hybridized carbons (Fsp3) is 0.611. The van der Waals surface area contributed by atoms with E-state index in [-0.39, 0.29) is 11.5 Å². The van der Waals surface area contributed by atoms with Crippen LogP contribution in [0.3, 0.4) is 0 Å². The van der Waals surface area contributed by atoms with E-state index < -0.39 is 0 Å². The molecule has 7 heteroatoms. The summed E-state index contributed by atoms with van der Waals surface area (Å²) in [5.41, 5.74) is 1.59. The number of rotatable bonds is 5. The van der Waals surface area contributed by atoms with Crippen molar-refractivity contribution in [3.8, 4) is 0 Å². The molecule has 1 aliphatic carbocycles.